The van der Waals surface area contributed by atoms with Gasteiger partial charge in [0.25, 0.3) is 11.8 Å². The van der Waals surface area contributed by atoms with Crippen molar-refractivity contribution in [2.45, 2.75) is 25.2 Å². The fourth-order valence-electron chi connectivity index (χ4n) is 4.29. The van der Waals surface area contributed by atoms with E-state index in [1.807, 2.05) is 0 Å². The zero-order chi connectivity index (χ0) is 29.3. The highest BCUT2D eigenvalue weighted by atomic mass is 32.2. The highest BCUT2D eigenvalue weighted by Crippen LogP contribution is 2.24. The van der Waals surface area contributed by atoms with Crippen molar-refractivity contribution in [1.29, 1.82) is 0 Å². The van der Waals surface area contributed by atoms with Crippen molar-refractivity contribution in [2.75, 3.05) is 70.3 Å². The molecule has 1 saturated heterocycles. The van der Waals surface area contributed by atoms with Crippen molar-refractivity contribution in [2.24, 2.45) is 0 Å². The van der Waals surface area contributed by atoms with Crippen molar-refractivity contribution in [3.8, 4) is 0 Å². The van der Waals surface area contributed by atoms with Crippen LogP contribution in [-0.2, 0) is 14.4 Å². The summed E-state index contributed by atoms with van der Waals surface area (Å²) in [5.74, 6) is -4.27. The van der Waals surface area contributed by atoms with E-state index >= 15 is 0 Å². The first-order chi connectivity index (χ1) is 19.0. The number of nitrogens with one attached hydrogen (secondary N) is 2. The first-order valence-corrected chi connectivity index (χ1v) is 14.4. The van der Waals surface area contributed by atoms with Gasteiger partial charge in [0.15, 0.2) is 0 Å². The Labute approximate surface area is 236 Å². The SMILES string of the molecule is CSCCC(F)(F)CN(C)C(=O)CNC(=O)c1ccnc2ccc(N(C)C(=O)CCC(=O)N3CCNCC3)cc12. The summed E-state index contributed by atoms with van der Waals surface area (Å²) in [5, 5.41) is 6.14. The van der Waals surface area contributed by atoms with Gasteiger partial charge in [-0.15, -0.1) is 0 Å². The molecule has 1 aliphatic rings. The van der Waals surface area contributed by atoms with Gasteiger partial charge in [-0.1, -0.05) is 0 Å². The average molecular weight is 579 g/mol. The summed E-state index contributed by atoms with van der Waals surface area (Å²) in [7, 11) is 2.87. The van der Waals surface area contributed by atoms with Gasteiger partial charge in [-0.05, 0) is 36.3 Å². The number of thioether (sulfide) groups is 1. The molecule has 10 nitrogen and oxygen atoms in total. The first-order valence-electron chi connectivity index (χ1n) is 13.0. The van der Waals surface area contributed by atoms with Crippen molar-refractivity contribution in [1.82, 2.24) is 25.4 Å². The fraction of sp³-hybridized carbons (Fsp3) is 0.519. The lowest BCUT2D eigenvalue weighted by Gasteiger charge is -2.27. The van der Waals surface area contributed by atoms with Crippen molar-refractivity contribution in [3.63, 3.8) is 0 Å². The standard InChI is InChI=1S/C27H36F2N6O4S/c1-33(18-27(28,29)9-15-40-3)25(38)17-32-26(39)20-8-10-31-22-5-4-19(16-21(20)22)34(2)23(36)6-7-24(37)35-13-11-30-12-14-35/h4-5,8,10,16,30H,6-7,9,11-15,17-18H2,1-3H3,(H,32,39). The van der Waals surface area contributed by atoms with Crippen LogP contribution in [0.1, 0.15) is 29.6 Å². The van der Waals surface area contributed by atoms with E-state index in [0.717, 1.165) is 18.0 Å². The number of rotatable bonds is 12. The Morgan fingerprint density at radius 2 is 1.82 bits per heavy atom. The summed E-state index contributed by atoms with van der Waals surface area (Å²) < 4.78 is 28.1. The third-order valence-corrected chi connectivity index (χ3v) is 7.33. The number of piperazine rings is 1. The van der Waals surface area contributed by atoms with Gasteiger partial charge in [-0.3, -0.25) is 24.2 Å². The number of amides is 4. The molecule has 0 aliphatic carbocycles. The summed E-state index contributed by atoms with van der Waals surface area (Å²) in [6.45, 7) is 1.54. The van der Waals surface area contributed by atoms with E-state index in [-0.39, 0.29) is 42.4 Å². The second kappa shape index (κ2) is 14.4. The van der Waals surface area contributed by atoms with Gasteiger partial charge in [0.05, 0.1) is 24.2 Å². The lowest BCUT2D eigenvalue weighted by molar-refractivity contribution is -0.134. The highest BCUT2D eigenvalue weighted by Gasteiger charge is 2.31. The van der Waals surface area contributed by atoms with Gasteiger partial charge in [-0.2, -0.15) is 11.8 Å². The van der Waals surface area contributed by atoms with Crippen LogP contribution in [0.25, 0.3) is 10.9 Å². The Bertz CT molecular complexity index is 1220. The monoisotopic (exact) mass is 578 g/mol. The largest absolute Gasteiger partial charge is 0.343 e. The number of likely N-dealkylation sites (N-methyl/N-ethyl adjacent to an activating group) is 1. The molecule has 1 aromatic carbocycles. The minimum Gasteiger partial charge on any atom is -0.343 e. The average Bonchev–Trinajstić information content (AvgIpc) is 2.96. The number of carbonyl (C=O) groups excluding carboxylic acids is 4. The predicted octanol–water partition coefficient (Wildman–Crippen LogP) is 1.99. The number of carbonyl (C=O) groups is 4. The molecule has 40 heavy (non-hydrogen) atoms. The number of alkyl halides is 2. The van der Waals surface area contributed by atoms with E-state index in [1.165, 1.54) is 36.0 Å². The molecule has 2 heterocycles. The summed E-state index contributed by atoms with van der Waals surface area (Å²) >= 11 is 1.31. The third-order valence-electron chi connectivity index (χ3n) is 6.72. The number of hydrogen-bond acceptors (Lipinski definition) is 7. The molecule has 0 bridgehead atoms. The third kappa shape index (κ3) is 8.59. The predicted molar refractivity (Wildman–Crippen MR) is 152 cm³/mol. The molecule has 0 radical (unpaired) electrons. The smallest absolute Gasteiger partial charge is 0.266 e. The van der Waals surface area contributed by atoms with Crippen LogP contribution < -0.4 is 15.5 Å². The van der Waals surface area contributed by atoms with Crippen LogP contribution >= 0.6 is 11.8 Å². The molecule has 2 N–H and O–H groups in total. The van der Waals surface area contributed by atoms with Crippen LogP contribution in [0.5, 0.6) is 0 Å². The molecular weight excluding hydrogens is 542 g/mol. The van der Waals surface area contributed by atoms with Crippen LogP contribution in [0.3, 0.4) is 0 Å². The van der Waals surface area contributed by atoms with E-state index in [9.17, 15) is 28.0 Å². The molecule has 3 rings (SSSR count). The van der Waals surface area contributed by atoms with Crippen LogP contribution in [-0.4, -0.2) is 110 Å². The molecule has 1 fully saturated rings. The lowest BCUT2D eigenvalue weighted by Crippen LogP contribution is -2.46. The second-order valence-electron chi connectivity index (χ2n) is 9.67. The summed E-state index contributed by atoms with van der Waals surface area (Å²) in [6.07, 6.45) is 3.00. The quantitative estimate of drug-likeness (QED) is 0.396. The Balaban J connectivity index is 1.63. The minimum atomic E-state index is -3.02. The molecular formula is C27H36F2N6O4S. The minimum absolute atomic E-state index is 0.0453. The van der Waals surface area contributed by atoms with E-state index in [2.05, 4.69) is 15.6 Å². The number of pyridine rings is 1. The van der Waals surface area contributed by atoms with Gasteiger partial charge in [0.2, 0.25) is 17.7 Å². The number of aromatic nitrogens is 1. The zero-order valence-corrected chi connectivity index (χ0v) is 23.9. The van der Waals surface area contributed by atoms with Crippen LogP contribution in [0.2, 0.25) is 0 Å². The number of nitrogens with zero attached hydrogens (tertiary/aromatic N) is 4. The normalized spacial score (nSPS) is 13.7. The first kappa shape index (κ1) is 31.2. The van der Waals surface area contributed by atoms with Crippen molar-refractivity contribution in [3.05, 3.63) is 36.0 Å². The topological polar surface area (TPSA) is 115 Å². The maximum absolute atomic E-state index is 14.0. The van der Waals surface area contributed by atoms with E-state index in [4.69, 9.17) is 0 Å². The molecule has 0 spiro atoms. The molecule has 0 atom stereocenters. The van der Waals surface area contributed by atoms with Crippen molar-refractivity contribution >= 4 is 52.0 Å². The van der Waals surface area contributed by atoms with E-state index in [1.54, 1.807) is 36.4 Å². The van der Waals surface area contributed by atoms with E-state index in [0.29, 0.717) is 29.7 Å². The maximum atomic E-state index is 14.0. The molecule has 13 heteroatoms. The number of hydrogen-bond donors (Lipinski definition) is 2. The van der Waals surface area contributed by atoms with Gasteiger partial charge < -0.3 is 25.3 Å². The van der Waals surface area contributed by atoms with Crippen LogP contribution in [0, 0.1) is 0 Å². The number of halogens is 2. The molecule has 1 aromatic heterocycles. The molecule has 0 saturated carbocycles. The summed E-state index contributed by atoms with van der Waals surface area (Å²) in [4.78, 5) is 59.0. The number of benzene rings is 1. The summed E-state index contributed by atoms with van der Waals surface area (Å²) in [5.41, 5.74) is 1.24. The molecule has 0 unspecified atom stereocenters. The second-order valence-corrected chi connectivity index (χ2v) is 10.7. The number of fused-ring (bicyclic) bond motifs is 1. The molecule has 2 aromatic rings. The fourth-order valence-corrected chi connectivity index (χ4v) is 4.79. The van der Waals surface area contributed by atoms with E-state index < -0.39 is 30.8 Å². The Morgan fingerprint density at radius 1 is 1.10 bits per heavy atom. The van der Waals surface area contributed by atoms with Gasteiger partial charge in [0, 0.05) is 76.8 Å². The molecule has 1 aliphatic heterocycles. The zero-order valence-electron chi connectivity index (χ0n) is 23.0. The van der Waals surface area contributed by atoms with Crippen molar-refractivity contribution < 1.29 is 28.0 Å². The van der Waals surface area contributed by atoms with Crippen LogP contribution in [0.4, 0.5) is 14.5 Å². The van der Waals surface area contributed by atoms with Gasteiger partial charge in [-0.25, -0.2) is 8.78 Å². The van der Waals surface area contributed by atoms with Gasteiger partial charge in [0.1, 0.15) is 0 Å². The van der Waals surface area contributed by atoms with Crippen LogP contribution in [0.15, 0.2) is 30.5 Å². The maximum Gasteiger partial charge on any atom is 0.266 e. The Morgan fingerprint density at radius 3 is 2.52 bits per heavy atom. The molecule has 218 valence electrons. The van der Waals surface area contributed by atoms with Gasteiger partial charge >= 0.3 is 0 Å². The lowest BCUT2D eigenvalue weighted by atomic mass is 10.1. The molecule has 4 amide bonds. The Hall–Kier alpha value is -3.32. The summed E-state index contributed by atoms with van der Waals surface area (Å²) in [6, 6.07) is 6.50. The highest BCUT2D eigenvalue weighted by molar-refractivity contribution is 7.98. The number of anilines is 1. The Kier molecular flexibility index (Phi) is 11.2.